The van der Waals surface area contributed by atoms with Crippen molar-refractivity contribution in [2.24, 2.45) is 5.84 Å². The minimum absolute atomic E-state index is 0.137. The Balaban J connectivity index is 3.28. The zero-order valence-electron chi connectivity index (χ0n) is 7.89. The predicted molar refractivity (Wildman–Crippen MR) is 51.3 cm³/mol. The Bertz CT molecular complexity index is 405. The Morgan fingerprint density at radius 2 is 2.27 bits per heavy atom. The highest BCUT2D eigenvalue weighted by Gasteiger charge is 2.20. The monoisotopic (exact) mass is 211 g/mol. The second-order valence-corrected chi connectivity index (χ2v) is 2.61. The maximum absolute atomic E-state index is 11.2. The van der Waals surface area contributed by atoms with Crippen molar-refractivity contribution in [3.63, 3.8) is 0 Å². The fourth-order valence-electron chi connectivity index (χ4n) is 1.06. The van der Waals surface area contributed by atoms with Gasteiger partial charge in [-0.25, -0.2) is 5.84 Å². The number of carbonyl (C=O) groups excluding carboxylic acids is 1. The van der Waals surface area contributed by atoms with E-state index in [1.54, 1.807) is 0 Å². The molecule has 1 amide bonds. The fraction of sp³-hybridized carbons (Fsp3) is 0.125. The molecule has 7 nitrogen and oxygen atoms in total. The van der Waals surface area contributed by atoms with Crippen LogP contribution < -0.4 is 16.0 Å². The summed E-state index contributed by atoms with van der Waals surface area (Å²) >= 11 is 0. The van der Waals surface area contributed by atoms with E-state index in [1.165, 1.54) is 25.3 Å². The van der Waals surface area contributed by atoms with Crippen LogP contribution in [0.5, 0.6) is 5.75 Å². The summed E-state index contributed by atoms with van der Waals surface area (Å²) in [5.41, 5.74) is 1.37. The van der Waals surface area contributed by atoms with Crippen LogP contribution >= 0.6 is 0 Å². The average Bonchev–Trinajstić information content (AvgIpc) is 2.26. The minimum atomic E-state index is -0.736. The molecule has 0 unspecified atom stereocenters. The molecule has 0 bridgehead atoms. The Morgan fingerprint density at radius 3 is 2.73 bits per heavy atom. The first-order valence-corrected chi connectivity index (χ1v) is 3.93. The van der Waals surface area contributed by atoms with Gasteiger partial charge in [0.25, 0.3) is 11.6 Å². The molecular formula is C8H9N3O4. The average molecular weight is 211 g/mol. The lowest BCUT2D eigenvalue weighted by atomic mass is 10.1. The second-order valence-electron chi connectivity index (χ2n) is 2.61. The summed E-state index contributed by atoms with van der Waals surface area (Å²) in [4.78, 5) is 21.1. The zero-order valence-corrected chi connectivity index (χ0v) is 7.89. The van der Waals surface area contributed by atoms with E-state index in [-0.39, 0.29) is 11.3 Å². The van der Waals surface area contributed by atoms with Crippen molar-refractivity contribution in [1.29, 1.82) is 0 Å². The van der Waals surface area contributed by atoms with E-state index in [0.717, 1.165) is 0 Å². The first kappa shape index (κ1) is 10.9. The van der Waals surface area contributed by atoms with Gasteiger partial charge in [-0.3, -0.25) is 20.3 Å². The molecule has 1 rings (SSSR count). The van der Waals surface area contributed by atoms with E-state index in [4.69, 9.17) is 10.6 Å². The van der Waals surface area contributed by atoms with Gasteiger partial charge in [0, 0.05) is 6.07 Å². The molecule has 0 radical (unpaired) electrons. The highest BCUT2D eigenvalue weighted by Crippen LogP contribution is 2.23. The van der Waals surface area contributed by atoms with Gasteiger partial charge in [-0.15, -0.1) is 0 Å². The third-order valence-corrected chi connectivity index (χ3v) is 1.78. The maximum Gasteiger partial charge on any atom is 0.282 e. The van der Waals surface area contributed by atoms with Crippen molar-refractivity contribution in [2.45, 2.75) is 0 Å². The molecule has 80 valence electrons. The normalized spacial score (nSPS) is 9.47. The van der Waals surface area contributed by atoms with E-state index in [1.807, 2.05) is 5.43 Å². The lowest BCUT2D eigenvalue weighted by Crippen LogP contribution is -2.30. The number of nitrogens with one attached hydrogen (secondary N) is 1. The van der Waals surface area contributed by atoms with Gasteiger partial charge in [-0.05, 0) is 12.1 Å². The number of amides is 1. The van der Waals surface area contributed by atoms with E-state index in [2.05, 4.69) is 0 Å². The summed E-state index contributed by atoms with van der Waals surface area (Å²) < 4.78 is 4.84. The van der Waals surface area contributed by atoms with Crippen LogP contribution in [0.1, 0.15) is 10.4 Å². The van der Waals surface area contributed by atoms with Gasteiger partial charge in [-0.1, -0.05) is 0 Å². The largest absolute Gasteiger partial charge is 0.497 e. The smallest absolute Gasteiger partial charge is 0.282 e. The molecule has 3 N–H and O–H groups in total. The summed E-state index contributed by atoms with van der Waals surface area (Å²) in [5, 5.41) is 10.6. The molecule has 0 aromatic heterocycles. The van der Waals surface area contributed by atoms with Crippen LogP contribution in [-0.4, -0.2) is 17.9 Å². The van der Waals surface area contributed by atoms with Crippen LogP contribution in [-0.2, 0) is 0 Å². The first-order valence-electron chi connectivity index (χ1n) is 3.93. The lowest BCUT2D eigenvalue weighted by Gasteiger charge is -2.04. The predicted octanol–water partition coefficient (Wildman–Crippen LogP) is 0.207. The summed E-state index contributed by atoms with van der Waals surface area (Å²) in [5.74, 6) is 4.51. The molecule has 1 aromatic rings. The van der Waals surface area contributed by atoms with E-state index in [0.29, 0.717) is 5.75 Å². The molecule has 7 heteroatoms. The number of hydrazine groups is 1. The molecule has 0 aliphatic carbocycles. The number of benzene rings is 1. The van der Waals surface area contributed by atoms with Crippen LogP contribution in [0.2, 0.25) is 0 Å². The first-order chi connectivity index (χ1) is 7.10. The van der Waals surface area contributed by atoms with Crippen LogP contribution in [0.4, 0.5) is 5.69 Å². The molecule has 0 saturated heterocycles. The van der Waals surface area contributed by atoms with Gasteiger partial charge in [0.15, 0.2) is 0 Å². The van der Waals surface area contributed by atoms with Gasteiger partial charge in [-0.2, -0.15) is 0 Å². The van der Waals surface area contributed by atoms with Crippen molar-refractivity contribution in [2.75, 3.05) is 7.11 Å². The van der Waals surface area contributed by atoms with Gasteiger partial charge in [0.05, 0.1) is 12.0 Å². The standard InChI is InChI=1S/C8H9N3O4/c1-15-5-2-3-7(11(13)14)6(4-5)8(12)10-9/h2-4H,9H2,1H3,(H,10,12). The number of nitrogen functional groups attached to an aromatic ring is 1. The SMILES string of the molecule is COc1ccc([N+](=O)[O-])c(C(=O)NN)c1. The van der Waals surface area contributed by atoms with Gasteiger partial charge < -0.3 is 4.74 Å². The van der Waals surface area contributed by atoms with Crippen molar-refractivity contribution < 1.29 is 14.5 Å². The molecule has 0 saturated carbocycles. The molecular weight excluding hydrogens is 202 g/mol. The summed E-state index contributed by atoms with van der Waals surface area (Å²) in [7, 11) is 1.39. The van der Waals surface area contributed by atoms with Crippen molar-refractivity contribution >= 4 is 11.6 Å². The van der Waals surface area contributed by atoms with Gasteiger partial charge >= 0.3 is 0 Å². The van der Waals surface area contributed by atoms with Crippen molar-refractivity contribution in [3.8, 4) is 5.75 Å². The fourth-order valence-corrected chi connectivity index (χ4v) is 1.06. The number of methoxy groups -OCH3 is 1. The number of ether oxygens (including phenoxy) is 1. The topological polar surface area (TPSA) is 107 Å². The quantitative estimate of drug-likeness (QED) is 0.321. The van der Waals surface area contributed by atoms with Crippen LogP contribution in [0.25, 0.3) is 0 Å². The number of nitro benzene ring substituents is 1. The Kier molecular flexibility index (Phi) is 3.19. The molecule has 0 spiro atoms. The molecule has 0 heterocycles. The zero-order chi connectivity index (χ0) is 11.4. The number of hydrogen-bond donors (Lipinski definition) is 2. The molecule has 1 aromatic carbocycles. The Morgan fingerprint density at radius 1 is 1.60 bits per heavy atom. The second kappa shape index (κ2) is 4.38. The lowest BCUT2D eigenvalue weighted by molar-refractivity contribution is -0.385. The molecule has 0 atom stereocenters. The number of nitrogens with two attached hydrogens (primary N) is 1. The third kappa shape index (κ3) is 2.20. The molecule has 0 fully saturated rings. The number of nitrogens with zero attached hydrogens (tertiary/aromatic N) is 1. The van der Waals surface area contributed by atoms with Crippen molar-refractivity contribution in [1.82, 2.24) is 5.43 Å². The number of hydrogen-bond acceptors (Lipinski definition) is 5. The Hall–Kier alpha value is -2.15. The van der Waals surface area contributed by atoms with Gasteiger partial charge in [0.2, 0.25) is 0 Å². The summed E-state index contributed by atoms with van der Waals surface area (Å²) in [6.45, 7) is 0. The number of rotatable bonds is 3. The van der Waals surface area contributed by atoms with Crippen molar-refractivity contribution in [3.05, 3.63) is 33.9 Å². The molecule has 15 heavy (non-hydrogen) atoms. The third-order valence-electron chi connectivity index (χ3n) is 1.78. The van der Waals surface area contributed by atoms with E-state index in [9.17, 15) is 14.9 Å². The minimum Gasteiger partial charge on any atom is -0.497 e. The number of carbonyl (C=O) groups is 1. The van der Waals surface area contributed by atoms with E-state index >= 15 is 0 Å². The highest BCUT2D eigenvalue weighted by atomic mass is 16.6. The summed E-state index contributed by atoms with van der Waals surface area (Å²) in [6.07, 6.45) is 0. The van der Waals surface area contributed by atoms with Gasteiger partial charge in [0.1, 0.15) is 11.3 Å². The molecule has 0 aliphatic heterocycles. The summed E-state index contributed by atoms with van der Waals surface area (Å²) in [6, 6.07) is 3.83. The van der Waals surface area contributed by atoms with Crippen LogP contribution in [0, 0.1) is 10.1 Å². The van der Waals surface area contributed by atoms with E-state index < -0.39 is 10.8 Å². The molecule has 0 aliphatic rings. The van der Waals surface area contributed by atoms with Crippen LogP contribution in [0.15, 0.2) is 18.2 Å². The number of nitro groups is 1. The Labute approximate surface area is 84.9 Å². The van der Waals surface area contributed by atoms with Crippen LogP contribution in [0.3, 0.4) is 0 Å². The maximum atomic E-state index is 11.2. The highest BCUT2D eigenvalue weighted by molar-refractivity contribution is 5.98.